The highest BCUT2D eigenvalue weighted by atomic mass is 35.5. The Bertz CT molecular complexity index is 1420. The number of ketones is 1. The van der Waals surface area contributed by atoms with E-state index in [1.807, 2.05) is 60.8 Å². The molecule has 2 heterocycles. The van der Waals surface area contributed by atoms with Gasteiger partial charge in [-0.2, -0.15) is 0 Å². The van der Waals surface area contributed by atoms with Gasteiger partial charge in [-0.25, -0.2) is 0 Å². The number of benzene rings is 3. The maximum Gasteiger partial charge on any atom is 0.195 e. The van der Waals surface area contributed by atoms with Crippen molar-refractivity contribution in [2.75, 3.05) is 39.5 Å². The van der Waals surface area contributed by atoms with Gasteiger partial charge in [-0.05, 0) is 91.9 Å². The number of carbonyl (C=O) groups excluding carboxylic acids is 1. The van der Waals surface area contributed by atoms with Crippen LogP contribution >= 0.6 is 11.6 Å². The highest BCUT2D eigenvalue weighted by Gasteiger charge is 2.24. The number of rotatable bonds is 11. The van der Waals surface area contributed by atoms with Gasteiger partial charge in [-0.3, -0.25) is 9.69 Å². The molecule has 1 aromatic heterocycles. The monoisotopic (exact) mass is 544 g/mol. The molecular formula is C32H33ClN2O4. The predicted octanol–water partition coefficient (Wildman–Crippen LogP) is 6.83. The van der Waals surface area contributed by atoms with Crippen LogP contribution in [0.3, 0.4) is 0 Å². The second-order valence-electron chi connectivity index (χ2n) is 10.4. The van der Waals surface area contributed by atoms with Crippen LogP contribution in [0.4, 0.5) is 0 Å². The topological polar surface area (TPSA) is 52.9 Å². The first kappa shape index (κ1) is 25.9. The second kappa shape index (κ2) is 11.8. The summed E-state index contributed by atoms with van der Waals surface area (Å²) in [4.78, 5) is 16.1. The lowest BCUT2D eigenvalue weighted by atomic mass is 10.0. The minimum Gasteiger partial charge on any atom is -0.494 e. The summed E-state index contributed by atoms with van der Waals surface area (Å²) < 4.78 is 19.6. The van der Waals surface area contributed by atoms with E-state index >= 15 is 0 Å². The van der Waals surface area contributed by atoms with Crippen LogP contribution in [0.2, 0.25) is 5.02 Å². The third-order valence-electron chi connectivity index (χ3n) is 7.41. The molecule has 0 radical (unpaired) electrons. The Balaban J connectivity index is 1.17. The van der Waals surface area contributed by atoms with Crippen molar-refractivity contribution >= 4 is 28.3 Å². The third-order valence-corrected chi connectivity index (χ3v) is 7.66. The number of carbonyl (C=O) groups is 1. The van der Waals surface area contributed by atoms with Crippen molar-refractivity contribution in [1.82, 2.24) is 9.47 Å². The molecule has 1 aliphatic heterocycles. The molecule has 1 saturated heterocycles. The Morgan fingerprint density at radius 2 is 1.64 bits per heavy atom. The molecule has 2 fully saturated rings. The number of hydrogen-bond donors (Lipinski definition) is 0. The summed E-state index contributed by atoms with van der Waals surface area (Å²) in [6.45, 7) is 6.19. The van der Waals surface area contributed by atoms with Crippen LogP contribution in [-0.2, 0) is 11.3 Å². The summed E-state index contributed by atoms with van der Waals surface area (Å²) in [5.41, 5.74) is 2.38. The molecule has 0 unspecified atom stereocenters. The lowest BCUT2D eigenvalue weighted by Crippen LogP contribution is -2.37. The highest BCUT2D eigenvalue weighted by Crippen LogP contribution is 2.35. The molecule has 202 valence electrons. The Morgan fingerprint density at radius 1 is 0.923 bits per heavy atom. The molecule has 7 heteroatoms. The summed E-state index contributed by atoms with van der Waals surface area (Å²) in [6, 6.07) is 20.7. The van der Waals surface area contributed by atoms with Gasteiger partial charge in [-0.15, -0.1) is 0 Å². The number of fused-ring (bicyclic) bond motifs is 1. The van der Waals surface area contributed by atoms with Gasteiger partial charge in [0.25, 0.3) is 0 Å². The molecule has 3 aromatic carbocycles. The van der Waals surface area contributed by atoms with E-state index < -0.39 is 0 Å². The summed E-state index contributed by atoms with van der Waals surface area (Å²) in [6.07, 6.45) is 5.46. The fourth-order valence-corrected chi connectivity index (χ4v) is 5.18. The first-order chi connectivity index (χ1) is 19.1. The van der Waals surface area contributed by atoms with E-state index in [4.69, 9.17) is 25.8 Å². The maximum absolute atomic E-state index is 13.7. The first-order valence-corrected chi connectivity index (χ1v) is 14.1. The molecule has 39 heavy (non-hydrogen) atoms. The van der Waals surface area contributed by atoms with E-state index in [1.165, 1.54) is 12.8 Å². The number of halogens is 1. The molecule has 6 nitrogen and oxygen atoms in total. The van der Waals surface area contributed by atoms with E-state index in [0.29, 0.717) is 40.2 Å². The molecule has 0 N–H and O–H groups in total. The van der Waals surface area contributed by atoms with E-state index in [1.54, 1.807) is 12.1 Å². The molecule has 2 aliphatic rings. The van der Waals surface area contributed by atoms with Crippen molar-refractivity contribution in [3.63, 3.8) is 0 Å². The molecule has 6 rings (SSSR count). The summed E-state index contributed by atoms with van der Waals surface area (Å²) >= 11 is 6.02. The van der Waals surface area contributed by atoms with Crippen molar-refractivity contribution in [3.05, 3.63) is 89.1 Å². The van der Waals surface area contributed by atoms with E-state index in [-0.39, 0.29) is 5.78 Å². The smallest absolute Gasteiger partial charge is 0.195 e. The largest absolute Gasteiger partial charge is 0.494 e. The van der Waals surface area contributed by atoms with Crippen molar-refractivity contribution < 1.29 is 19.0 Å². The average Bonchev–Trinajstić information content (AvgIpc) is 3.72. The van der Waals surface area contributed by atoms with Crippen LogP contribution in [0.1, 0.15) is 35.2 Å². The van der Waals surface area contributed by atoms with Crippen LogP contribution < -0.4 is 9.47 Å². The SMILES string of the molecule is O=C(c1ccc(OCCCN2CCOCC2)cc1)c1cn(CC2CC2)c2ccc(Oc3ccc(Cl)cc3)cc12. The lowest BCUT2D eigenvalue weighted by Gasteiger charge is -2.26. The Hall–Kier alpha value is -3.32. The highest BCUT2D eigenvalue weighted by molar-refractivity contribution is 6.30. The standard InChI is InChI=1S/C32H33ClN2O4/c33-25-6-10-27(11-7-25)39-28-12-13-31-29(20-28)30(22-35(31)21-23-2-3-23)32(36)24-4-8-26(9-5-24)38-17-1-14-34-15-18-37-19-16-34/h4-13,20,22-23H,1-3,14-19,21H2. The van der Waals surface area contributed by atoms with E-state index in [2.05, 4.69) is 9.47 Å². The molecule has 0 bridgehead atoms. The number of aromatic nitrogens is 1. The Morgan fingerprint density at radius 3 is 2.38 bits per heavy atom. The van der Waals surface area contributed by atoms with E-state index in [0.717, 1.165) is 62.5 Å². The quantitative estimate of drug-likeness (QED) is 0.153. The zero-order valence-electron chi connectivity index (χ0n) is 22.0. The fraction of sp³-hybridized carbons (Fsp3) is 0.344. The number of morpholine rings is 1. The summed E-state index contributed by atoms with van der Waals surface area (Å²) in [5, 5.41) is 1.56. The van der Waals surface area contributed by atoms with Crippen LogP contribution in [-0.4, -0.2) is 54.7 Å². The van der Waals surface area contributed by atoms with Gasteiger partial charge in [0.2, 0.25) is 0 Å². The van der Waals surface area contributed by atoms with Gasteiger partial charge >= 0.3 is 0 Å². The summed E-state index contributed by atoms with van der Waals surface area (Å²) in [5.74, 6) is 2.85. The van der Waals surface area contributed by atoms with Crippen LogP contribution in [0, 0.1) is 5.92 Å². The number of ether oxygens (including phenoxy) is 3. The zero-order chi connectivity index (χ0) is 26.6. The van der Waals surface area contributed by atoms with E-state index in [9.17, 15) is 4.79 Å². The molecule has 1 aliphatic carbocycles. The predicted molar refractivity (Wildman–Crippen MR) is 153 cm³/mol. The first-order valence-electron chi connectivity index (χ1n) is 13.8. The normalized spacial score (nSPS) is 15.9. The molecule has 0 amide bonds. The van der Waals surface area contributed by atoms with Crippen molar-refractivity contribution in [1.29, 1.82) is 0 Å². The molecule has 4 aromatic rings. The van der Waals surface area contributed by atoms with Gasteiger partial charge in [-0.1, -0.05) is 11.6 Å². The number of hydrogen-bond acceptors (Lipinski definition) is 5. The minimum absolute atomic E-state index is 0.00272. The van der Waals surface area contributed by atoms with Gasteiger partial charge in [0.15, 0.2) is 5.78 Å². The number of nitrogens with zero attached hydrogens (tertiary/aromatic N) is 2. The van der Waals surface area contributed by atoms with Crippen molar-refractivity contribution in [2.45, 2.75) is 25.8 Å². The lowest BCUT2D eigenvalue weighted by molar-refractivity contribution is 0.0358. The molecular weight excluding hydrogens is 512 g/mol. The fourth-order valence-electron chi connectivity index (χ4n) is 5.05. The van der Waals surface area contributed by atoms with Gasteiger partial charge in [0.05, 0.1) is 19.8 Å². The van der Waals surface area contributed by atoms with Crippen molar-refractivity contribution in [3.8, 4) is 17.2 Å². The second-order valence-corrected chi connectivity index (χ2v) is 10.8. The zero-order valence-corrected chi connectivity index (χ0v) is 22.7. The Labute approximate surface area is 234 Å². The molecule has 0 spiro atoms. The van der Waals surface area contributed by atoms with Crippen LogP contribution in [0.15, 0.2) is 72.9 Å². The Kier molecular flexibility index (Phi) is 7.86. The average molecular weight is 545 g/mol. The van der Waals surface area contributed by atoms with Crippen molar-refractivity contribution in [2.24, 2.45) is 5.92 Å². The molecule has 0 atom stereocenters. The van der Waals surface area contributed by atoms with Crippen LogP contribution in [0.5, 0.6) is 17.2 Å². The van der Waals surface area contributed by atoms with Gasteiger partial charge < -0.3 is 18.8 Å². The van der Waals surface area contributed by atoms with Crippen LogP contribution in [0.25, 0.3) is 10.9 Å². The summed E-state index contributed by atoms with van der Waals surface area (Å²) in [7, 11) is 0. The third kappa shape index (κ3) is 6.47. The molecule has 1 saturated carbocycles. The van der Waals surface area contributed by atoms with Gasteiger partial charge in [0.1, 0.15) is 17.2 Å². The van der Waals surface area contributed by atoms with Gasteiger partial charge in [0, 0.05) is 59.4 Å². The maximum atomic E-state index is 13.7. The minimum atomic E-state index is -0.00272.